The van der Waals surface area contributed by atoms with Crippen LogP contribution in [0.3, 0.4) is 0 Å². The maximum absolute atomic E-state index is 14.1. The number of hydrogen-bond donors (Lipinski definition) is 7. The van der Waals surface area contributed by atoms with Crippen LogP contribution in [-0.4, -0.2) is 88.7 Å². The highest BCUT2D eigenvalue weighted by Crippen LogP contribution is 2.54. The lowest BCUT2D eigenvalue weighted by Crippen LogP contribution is -2.65. The zero-order valence-corrected chi connectivity index (χ0v) is 26.6. The van der Waals surface area contributed by atoms with Crippen LogP contribution in [0.1, 0.15) is 23.1 Å². The summed E-state index contributed by atoms with van der Waals surface area (Å²) in [7, 11) is 6.18. The molecule has 4 atom stereocenters. The number of amides is 3. The molecule has 3 aliphatic carbocycles. The van der Waals surface area contributed by atoms with E-state index in [2.05, 4.69) is 10.6 Å². The summed E-state index contributed by atoms with van der Waals surface area (Å²) in [5.41, 5.74) is -0.786. The molecule has 13 nitrogen and oxygen atoms in total. The first kappa shape index (κ1) is 34.5. The molecule has 0 bridgehead atoms. The third-order valence-electron chi connectivity index (χ3n) is 8.96. The van der Waals surface area contributed by atoms with E-state index in [1.54, 1.807) is 19.0 Å². The van der Waals surface area contributed by atoms with Crippen LogP contribution in [0.4, 0.5) is 35.0 Å². The molecular formula is C31H31ClF3N5O8. The van der Waals surface area contributed by atoms with Gasteiger partial charge in [0.15, 0.2) is 17.1 Å². The van der Waals surface area contributed by atoms with E-state index in [-0.39, 0.29) is 29.1 Å². The second-order valence-corrected chi connectivity index (χ2v) is 12.7. The molecule has 256 valence electrons. The van der Waals surface area contributed by atoms with E-state index in [1.807, 2.05) is 0 Å². The molecule has 0 aromatic heterocycles. The number of phenolic OH excluding ortho intramolecular Hbond substituents is 1. The van der Waals surface area contributed by atoms with E-state index in [4.69, 9.17) is 17.3 Å². The number of nitrogens with two attached hydrogens (primary N) is 1. The Kier molecular flexibility index (Phi) is 8.43. The normalized spacial score (nSPS) is 23.8. The lowest BCUT2D eigenvalue weighted by atomic mass is 9.57. The van der Waals surface area contributed by atoms with Crippen molar-refractivity contribution in [2.24, 2.45) is 17.6 Å². The average Bonchev–Trinajstić information content (AvgIpc) is 2.96. The molecule has 48 heavy (non-hydrogen) atoms. The molecule has 0 saturated heterocycles. The van der Waals surface area contributed by atoms with Gasteiger partial charge in [0.25, 0.3) is 5.91 Å². The van der Waals surface area contributed by atoms with Gasteiger partial charge in [0, 0.05) is 36.3 Å². The van der Waals surface area contributed by atoms with Crippen LogP contribution in [0.15, 0.2) is 41.2 Å². The highest BCUT2D eigenvalue weighted by molar-refractivity contribution is 6.30. The van der Waals surface area contributed by atoms with E-state index in [1.165, 1.54) is 25.1 Å². The van der Waals surface area contributed by atoms with Gasteiger partial charge in [0.05, 0.1) is 28.5 Å². The minimum atomic E-state index is -4.87. The third kappa shape index (κ3) is 5.29. The predicted molar refractivity (Wildman–Crippen MR) is 168 cm³/mol. The summed E-state index contributed by atoms with van der Waals surface area (Å²) in [5.74, 6) is -8.43. The Morgan fingerprint density at radius 1 is 1.04 bits per heavy atom. The van der Waals surface area contributed by atoms with Crippen molar-refractivity contribution in [1.82, 2.24) is 4.90 Å². The monoisotopic (exact) mass is 693 g/mol. The second-order valence-electron chi connectivity index (χ2n) is 12.3. The lowest BCUT2D eigenvalue weighted by Gasteiger charge is -2.50. The number of nitrogens with one attached hydrogen (secondary N) is 2. The van der Waals surface area contributed by atoms with Crippen molar-refractivity contribution in [3.8, 4) is 5.75 Å². The highest BCUT2D eigenvalue weighted by Gasteiger charge is 2.64. The zero-order chi connectivity index (χ0) is 35.8. The molecule has 1 fully saturated rings. The molecule has 17 heteroatoms. The number of fused-ring (bicyclic) bond motifs is 3. The summed E-state index contributed by atoms with van der Waals surface area (Å²) in [4.78, 5) is 55.5. The maximum Gasteiger partial charge on any atom is 0.418 e. The molecule has 3 aliphatic rings. The number of carbonyl (C=O) groups is 4. The lowest BCUT2D eigenvalue weighted by molar-refractivity contribution is -0.153. The van der Waals surface area contributed by atoms with Gasteiger partial charge in [-0.1, -0.05) is 11.6 Å². The highest BCUT2D eigenvalue weighted by atomic mass is 35.5. The molecule has 2 unspecified atom stereocenters. The first-order valence-electron chi connectivity index (χ1n) is 14.4. The van der Waals surface area contributed by atoms with Crippen LogP contribution >= 0.6 is 11.6 Å². The zero-order valence-electron chi connectivity index (χ0n) is 25.9. The number of phenols is 1. The van der Waals surface area contributed by atoms with Gasteiger partial charge in [0.2, 0.25) is 5.78 Å². The molecule has 0 aliphatic heterocycles. The number of nitrogens with zero attached hydrogens (tertiary/aromatic N) is 2. The summed E-state index contributed by atoms with van der Waals surface area (Å²) in [6.45, 7) is 0. The Morgan fingerprint density at radius 3 is 2.23 bits per heavy atom. The van der Waals surface area contributed by atoms with Crippen molar-refractivity contribution in [2.45, 2.75) is 30.7 Å². The number of aliphatic hydroxyl groups excluding tert-OH is 2. The molecule has 2 aromatic carbocycles. The van der Waals surface area contributed by atoms with Crippen LogP contribution in [0, 0.1) is 11.8 Å². The summed E-state index contributed by atoms with van der Waals surface area (Å²) < 4.78 is 40.8. The van der Waals surface area contributed by atoms with Crippen molar-refractivity contribution in [2.75, 3.05) is 43.7 Å². The van der Waals surface area contributed by atoms with Crippen molar-refractivity contribution in [3.63, 3.8) is 0 Å². The largest absolute Gasteiger partial charge is 0.508 e. The third-order valence-corrected chi connectivity index (χ3v) is 9.20. The Bertz CT molecular complexity index is 1860. The molecule has 1 saturated carbocycles. The summed E-state index contributed by atoms with van der Waals surface area (Å²) in [6, 6.07) is 1.56. The number of primary amides is 1. The van der Waals surface area contributed by atoms with Gasteiger partial charge >= 0.3 is 12.2 Å². The van der Waals surface area contributed by atoms with Crippen molar-refractivity contribution in [3.05, 3.63) is 62.9 Å². The molecule has 0 spiro atoms. The fourth-order valence-electron chi connectivity index (χ4n) is 6.92. The van der Waals surface area contributed by atoms with Crippen LogP contribution in [0.25, 0.3) is 5.76 Å². The number of halogens is 4. The van der Waals surface area contributed by atoms with Crippen molar-refractivity contribution in [1.29, 1.82) is 0 Å². The Labute approximate surface area is 276 Å². The number of anilines is 3. The number of aromatic hydroxyl groups is 1. The maximum atomic E-state index is 14.1. The van der Waals surface area contributed by atoms with Gasteiger partial charge in [-0.15, -0.1) is 0 Å². The van der Waals surface area contributed by atoms with Crippen molar-refractivity contribution >= 4 is 57.9 Å². The number of urea groups is 1. The van der Waals surface area contributed by atoms with Gasteiger partial charge in [-0.2, -0.15) is 13.2 Å². The van der Waals surface area contributed by atoms with E-state index >= 15 is 0 Å². The molecule has 0 radical (unpaired) electrons. The summed E-state index contributed by atoms with van der Waals surface area (Å²) in [5, 5.41) is 49.8. The number of alkyl halides is 3. The predicted octanol–water partition coefficient (Wildman–Crippen LogP) is 3.35. The van der Waals surface area contributed by atoms with Crippen LogP contribution in [0.2, 0.25) is 5.02 Å². The molecule has 5 rings (SSSR count). The van der Waals surface area contributed by atoms with Crippen LogP contribution < -0.4 is 21.3 Å². The number of Topliss-reactive ketones (excluding diaryl/α,β-unsaturated/α-hetero) is 2. The Hall–Kier alpha value is -4.80. The second kappa shape index (κ2) is 11.7. The van der Waals surface area contributed by atoms with Crippen LogP contribution in [-0.2, 0) is 27.0 Å². The SMILES string of the molecule is CN(C)c1cc(NC(=O)Nc2ccc(Cl)cc2C(F)(F)F)c(O)c2c1CC1CC3[C@H](N(C)C)C(=O)C(C(N)=O)=C(O)[C@@]3(O)C(=O)C1=C2O. The fourth-order valence-corrected chi connectivity index (χ4v) is 7.09. The topological polar surface area (TPSA) is 206 Å². The average molecular weight is 694 g/mol. The van der Waals surface area contributed by atoms with Gasteiger partial charge in [-0.3, -0.25) is 19.3 Å². The molecule has 3 amide bonds. The number of benzene rings is 2. The minimum Gasteiger partial charge on any atom is -0.508 e. The molecule has 2 aromatic rings. The number of ketones is 2. The van der Waals surface area contributed by atoms with E-state index in [0.29, 0.717) is 17.3 Å². The summed E-state index contributed by atoms with van der Waals surface area (Å²) in [6.07, 6.45) is -5.03. The quantitative estimate of drug-likeness (QED) is 0.180. The minimum absolute atomic E-state index is 0.0260. The van der Waals surface area contributed by atoms with Gasteiger partial charge in [-0.05, 0) is 62.7 Å². The molecule has 8 N–H and O–H groups in total. The Balaban J connectivity index is 1.62. The number of hydrogen-bond acceptors (Lipinski definition) is 10. The first-order chi connectivity index (χ1) is 22.2. The Morgan fingerprint density at radius 2 is 1.67 bits per heavy atom. The first-order valence-corrected chi connectivity index (χ1v) is 14.7. The van der Waals surface area contributed by atoms with Crippen LogP contribution in [0.5, 0.6) is 5.75 Å². The standard InChI is InChI=1S/C31H31ClF3N5O8/c1-39(2)18-10-17(38-29(47)37-16-6-5-12(32)9-14(16)31(33,34)35)23(41)20-13(18)7-11-8-15-22(40(3)4)25(43)21(28(36)46)27(45)30(15,48)26(44)19(11)24(20)42/h5-6,9-11,15,22,41-42,45,48H,7-8H2,1-4H3,(H2,36,46)(H2,37,38,47)/t11?,15?,22-,30-/m0/s1. The van der Waals surface area contributed by atoms with Gasteiger partial charge in [-0.25, -0.2) is 4.79 Å². The van der Waals surface area contributed by atoms with Gasteiger partial charge < -0.3 is 41.7 Å². The molecular weight excluding hydrogens is 663 g/mol. The van der Waals surface area contributed by atoms with Crippen molar-refractivity contribution < 1.29 is 52.8 Å². The smallest absolute Gasteiger partial charge is 0.418 e. The summed E-state index contributed by atoms with van der Waals surface area (Å²) >= 11 is 5.71. The fraction of sp³-hybridized carbons (Fsp3) is 0.355. The van der Waals surface area contributed by atoms with E-state index in [0.717, 1.165) is 12.1 Å². The molecule has 0 heterocycles. The number of aliphatic hydroxyl groups is 3. The number of carbonyl (C=O) groups excluding carboxylic acids is 4. The van der Waals surface area contributed by atoms with E-state index < -0.39 is 92.8 Å². The number of likely N-dealkylation sites (N-methyl/N-ethyl adjacent to an activating group) is 1. The van der Waals surface area contributed by atoms with Gasteiger partial charge in [0.1, 0.15) is 17.1 Å². The number of rotatable bonds is 5. The van der Waals surface area contributed by atoms with E-state index in [9.17, 15) is 52.8 Å².